The first-order valence-electron chi connectivity index (χ1n) is 42.5. The monoisotopic (exact) mass is 1950 g/mol. The van der Waals surface area contributed by atoms with Crippen LogP contribution in [0.25, 0.3) is 0 Å². The molecule has 0 radical (unpaired) electrons. The van der Waals surface area contributed by atoms with Crippen molar-refractivity contribution >= 4 is 23.6 Å². The highest BCUT2D eigenvalue weighted by Gasteiger charge is 2.63. The van der Waals surface area contributed by atoms with Gasteiger partial charge in [0.1, 0.15) is 262 Å². The molecule has 0 aliphatic carbocycles. The third-order valence-corrected chi connectivity index (χ3v) is 24.5. The number of nitrogens with one attached hydrogen (secondary N) is 4. The molecule has 770 valence electrons. The van der Waals surface area contributed by atoms with E-state index in [-0.39, 0.29) is 0 Å². The molecule has 59 nitrogen and oxygen atoms in total. The molecule has 11 heterocycles. The second-order valence-electron chi connectivity index (χ2n) is 33.8. The Morgan fingerprint density at radius 2 is 0.459 bits per heavy atom. The van der Waals surface area contributed by atoms with E-state index in [1.54, 1.807) is 0 Å². The molecular formula is C74H124N4O55. The van der Waals surface area contributed by atoms with Crippen LogP contribution in [0.15, 0.2) is 0 Å². The van der Waals surface area contributed by atoms with Crippen molar-refractivity contribution in [3.05, 3.63) is 0 Å². The molecule has 0 saturated carbocycles. The first-order chi connectivity index (χ1) is 62.9. The number of amides is 4. The third-order valence-electron chi connectivity index (χ3n) is 24.5. The van der Waals surface area contributed by atoms with Crippen LogP contribution in [0, 0.1) is 0 Å². The van der Waals surface area contributed by atoms with E-state index in [9.17, 15) is 172 Å². The first kappa shape index (κ1) is 109. The number of carbonyl (C=O) groups excluding carboxylic acids is 4. The minimum Gasteiger partial charge on any atom is -0.394 e. The highest BCUT2D eigenvalue weighted by molar-refractivity contribution is 5.74. The van der Waals surface area contributed by atoms with Crippen molar-refractivity contribution in [2.45, 2.75) is 372 Å². The van der Waals surface area contributed by atoms with Crippen LogP contribution in [0.5, 0.6) is 0 Å². The van der Waals surface area contributed by atoms with Crippen LogP contribution in [0.2, 0.25) is 0 Å². The molecule has 4 amide bonds. The smallest absolute Gasteiger partial charge is 0.217 e. The van der Waals surface area contributed by atoms with Gasteiger partial charge in [-0.15, -0.1) is 0 Å². The Morgan fingerprint density at radius 3 is 0.842 bits per heavy atom. The number of carbonyl (C=O) groups is 4. The van der Waals surface area contributed by atoms with Gasteiger partial charge in [-0.05, 0) is 6.92 Å². The van der Waals surface area contributed by atoms with Gasteiger partial charge in [0.2, 0.25) is 23.6 Å². The summed E-state index contributed by atoms with van der Waals surface area (Å²) in [7, 11) is 0. The lowest BCUT2D eigenvalue weighted by Crippen LogP contribution is -2.71. The fraction of sp³-hybridized carbons (Fsp3) is 0.946. The number of aliphatic hydroxyl groups is 30. The standard InChI is InChI=1S/C74H124N4O55/c1-16-35(92)44(101)49(106)69(114-16)130-60-34(78-20(5)91)65(121-29(14-87)58(60)128-73-53(110)61(39(96)25(10-83)120-73)131-66-31(75-17(2)88)42(99)55(27(12-85)122-66)125-70-50(107)45(102)36(93)21(6-79)117-70)113-15-30-41(98)63(54(111)74(124-30)127-57-26(11-84)115-64(112)48(105)47(57)104)132-67-32(76-18(3)89)43(100)56(28(13-86)123-67)126-72-52(109)62(40(97)24(9-82)119-72)133-68-33(77-19(4)90)59(38(95)23(8-81)116-68)129-71-51(108)46(103)37(94)22(7-80)118-71/h16,21-74,79-87,92-112H,6-15H2,1-5H3,(H,75,88)(H,76,89)(H,77,90)(H,78,91)/t16-,21+,22+,23+,24+,25+,26+,27+,28+,29+,30+,31+,32+,33+,34+,35+,36-,37-,38+,39-,40-,41-,42+,43+,44+,45-,46-,47+,48+,49-,50+,51+,52+,53+,54+,55+,56+,57+,58+,59+,60+,61-,62-,63-,64?,65+,66-,67-,68-,69-,70-,71-,72-,73-,74-/m0/s1. The maximum absolute atomic E-state index is 13.7. The van der Waals surface area contributed by atoms with E-state index < -0.39 is 427 Å². The maximum Gasteiger partial charge on any atom is 0.217 e. The highest BCUT2D eigenvalue weighted by atomic mass is 16.8. The summed E-state index contributed by atoms with van der Waals surface area (Å²) in [5, 5.41) is 344. The van der Waals surface area contributed by atoms with Crippen LogP contribution in [-0.2, 0) is 119 Å². The number of hydrogen-bond donors (Lipinski definition) is 34. The van der Waals surface area contributed by atoms with Gasteiger partial charge in [-0.3, -0.25) is 19.2 Å². The predicted molar refractivity (Wildman–Crippen MR) is 407 cm³/mol. The number of ether oxygens (including phenoxy) is 21. The molecule has 0 spiro atoms. The molecule has 1 unspecified atom stereocenters. The van der Waals surface area contributed by atoms with E-state index in [4.69, 9.17) is 99.5 Å². The lowest BCUT2D eigenvalue weighted by molar-refractivity contribution is -0.393. The molecule has 11 rings (SSSR count). The van der Waals surface area contributed by atoms with Crippen LogP contribution >= 0.6 is 0 Å². The minimum absolute atomic E-state index is 0.886. The average Bonchev–Trinajstić information content (AvgIpc) is 0.770. The predicted octanol–water partition coefficient (Wildman–Crippen LogP) is -23.4. The molecule has 133 heavy (non-hydrogen) atoms. The van der Waals surface area contributed by atoms with Crippen LogP contribution in [-0.4, -0.2) is 580 Å². The third kappa shape index (κ3) is 23.9. The van der Waals surface area contributed by atoms with Gasteiger partial charge in [0, 0.05) is 27.7 Å². The van der Waals surface area contributed by atoms with Crippen molar-refractivity contribution in [2.75, 3.05) is 66.1 Å². The summed E-state index contributed by atoms with van der Waals surface area (Å²) in [4.78, 5) is 52.8. The zero-order valence-corrected chi connectivity index (χ0v) is 71.4. The fourth-order valence-corrected chi connectivity index (χ4v) is 17.4. The van der Waals surface area contributed by atoms with Crippen molar-refractivity contribution in [2.24, 2.45) is 0 Å². The van der Waals surface area contributed by atoms with E-state index in [0.717, 1.165) is 27.7 Å². The Morgan fingerprint density at radius 1 is 0.211 bits per heavy atom. The molecule has 34 N–H and O–H groups in total. The quantitative estimate of drug-likeness (QED) is 0.0284. The Kier molecular flexibility index (Phi) is 39.1. The van der Waals surface area contributed by atoms with E-state index in [1.165, 1.54) is 6.92 Å². The van der Waals surface area contributed by atoms with Crippen LogP contribution < -0.4 is 21.3 Å². The molecule has 55 atom stereocenters. The SMILES string of the molecule is CC(=O)N[C@H]1[C@H](O[C@H]2[C@@H](O)[C@@H](CO)O[C@@H](O[C@H]3[C@H](O[C@@H]4O[C@@H](C)[C@@H](O)[C@@H](O)[C@@H]4O)[C@@H](NC(C)=O)[C@H](OC[C@H]4O[C@@H](O[C@H]5[C@H](O)[C@@H](O)C(O)O[C@@H]5CO)[C@H](O)[C@@H](O[C@@H]5O[C@H](CO)[C@@H](O[C@@H]6O[C@H](CO)[C@H](O)[C@H](O[C@@H]7O[C@H](CO)[C@@H](O)[C@H](O[C@@H]8O[C@H](CO)[C@H](O)[C@H](O)[C@H]8O)[C@H]7NC(C)=O)[C@H]6O)[C@H](O)[C@H]5NC(C)=O)[C@H]4O)O[C@@H]3CO)[C@@H]2O)O[C@H](CO)[C@@H](O[C@@H]2O[C@H](CO)[C@H](O)[C@H](O)[C@H]2O)[C@@H]1O. The zero-order chi connectivity index (χ0) is 97.8. The molecule has 0 aromatic heterocycles. The van der Waals surface area contributed by atoms with Gasteiger partial charge in [0.25, 0.3) is 0 Å². The van der Waals surface area contributed by atoms with Crippen molar-refractivity contribution in [3.63, 3.8) is 0 Å². The summed E-state index contributed by atoms with van der Waals surface area (Å²) in [6.07, 6.45) is -107. The topological polar surface area (TPSA) is 917 Å². The molecular weight excluding hydrogens is 1820 g/mol. The van der Waals surface area contributed by atoms with Crippen molar-refractivity contribution in [3.8, 4) is 0 Å². The molecule has 59 heteroatoms. The van der Waals surface area contributed by atoms with Gasteiger partial charge in [-0.25, -0.2) is 0 Å². The summed E-state index contributed by atoms with van der Waals surface area (Å²) >= 11 is 0. The Bertz CT molecular complexity index is 3630. The Hall–Kier alpha value is -4.16. The fourth-order valence-electron chi connectivity index (χ4n) is 17.4. The van der Waals surface area contributed by atoms with Gasteiger partial charge in [-0.1, -0.05) is 0 Å². The normalized spacial score (nSPS) is 50.1. The average molecular weight is 1950 g/mol. The molecule has 0 aromatic carbocycles. The number of aliphatic hydroxyl groups excluding tert-OH is 30. The van der Waals surface area contributed by atoms with Crippen molar-refractivity contribution in [1.82, 2.24) is 21.3 Å². The van der Waals surface area contributed by atoms with Gasteiger partial charge in [0.15, 0.2) is 69.2 Å². The molecule has 11 fully saturated rings. The first-order valence-corrected chi connectivity index (χ1v) is 42.5. The second-order valence-corrected chi connectivity index (χ2v) is 33.8. The van der Waals surface area contributed by atoms with E-state index in [2.05, 4.69) is 21.3 Å². The summed E-state index contributed by atoms with van der Waals surface area (Å²) in [6, 6.07) is -7.89. The van der Waals surface area contributed by atoms with Crippen molar-refractivity contribution in [1.29, 1.82) is 0 Å². The summed E-state index contributed by atoms with van der Waals surface area (Å²) < 4.78 is 125. The van der Waals surface area contributed by atoms with Gasteiger partial charge in [0.05, 0.1) is 72.2 Å². The zero-order valence-electron chi connectivity index (χ0n) is 71.4. The number of rotatable bonds is 34. The highest BCUT2D eigenvalue weighted by Crippen LogP contribution is 2.42. The second kappa shape index (κ2) is 47.6. The maximum atomic E-state index is 13.7. The van der Waals surface area contributed by atoms with Crippen LogP contribution in [0.1, 0.15) is 34.6 Å². The van der Waals surface area contributed by atoms with Gasteiger partial charge < -0.3 is 274 Å². The number of hydrogen-bond acceptors (Lipinski definition) is 55. The van der Waals surface area contributed by atoms with E-state index in [0.29, 0.717) is 0 Å². The van der Waals surface area contributed by atoms with Crippen molar-refractivity contribution < 1.29 is 272 Å². The summed E-state index contributed by atoms with van der Waals surface area (Å²) in [5.74, 6) is -3.93. The molecule has 0 aromatic rings. The van der Waals surface area contributed by atoms with E-state index in [1.807, 2.05) is 0 Å². The minimum atomic E-state index is -2.52. The van der Waals surface area contributed by atoms with Gasteiger partial charge in [-0.2, -0.15) is 0 Å². The Labute approximate surface area is 752 Å². The van der Waals surface area contributed by atoms with Crippen LogP contribution in [0.3, 0.4) is 0 Å². The van der Waals surface area contributed by atoms with Gasteiger partial charge >= 0.3 is 0 Å². The van der Waals surface area contributed by atoms with Crippen LogP contribution in [0.4, 0.5) is 0 Å². The largest absolute Gasteiger partial charge is 0.394 e. The lowest BCUT2D eigenvalue weighted by atomic mass is 9.93. The lowest BCUT2D eigenvalue weighted by Gasteiger charge is -2.51. The molecule has 11 aliphatic heterocycles. The summed E-state index contributed by atoms with van der Waals surface area (Å²) in [6.45, 7) is -6.45. The Balaban J connectivity index is 0.873. The van der Waals surface area contributed by atoms with E-state index >= 15 is 0 Å². The molecule has 11 aliphatic rings. The molecule has 0 bridgehead atoms. The summed E-state index contributed by atoms with van der Waals surface area (Å²) in [5.41, 5.74) is 0. The molecule has 11 saturated heterocycles.